The number of aliphatic hydroxyl groups is 1. The highest BCUT2D eigenvalue weighted by molar-refractivity contribution is 5.76. The standard InChI is InChI=1S/C7H13NO2/c1-5(9)2-6-3-7(10)4-8-6/h6-8,10H,2-4H2,1H3. The number of hydrogen-bond donors (Lipinski definition) is 2. The number of hydrogen-bond acceptors (Lipinski definition) is 3. The van der Waals surface area contributed by atoms with Crippen LogP contribution in [0.25, 0.3) is 0 Å². The fourth-order valence-corrected chi connectivity index (χ4v) is 1.30. The quantitative estimate of drug-likeness (QED) is 0.557. The van der Waals surface area contributed by atoms with Gasteiger partial charge in [-0.15, -0.1) is 0 Å². The molecule has 58 valence electrons. The van der Waals surface area contributed by atoms with Crippen molar-refractivity contribution < 1.29 is 9.90 Å². The lowest BCUT2D eigenvalue weighted by Crippen LogP contribution is -2.23. The maximum absolute atomic E-state index is 10.6. The van der Waals surface area contributed by atoms with Crippen LogP contribution >= 0.6 is 0 Å². The highest BCUT2D eigenvalue weighted by Gasteiger charge is 2.22. The number of rotatable bonds is 2. The third kappa shape index (κ3) is 2.08. The highest BCUT2D eigenvalue weighted by Crippen LogP contribution is 2.09. The molecule has 0 bridgehead atoms. The molecule has 2 atom stereocenters. The van der Waals surface area contributed by atoms with Crippen molar-refractivity contribution in [2.24, 2.45) is 0 Å². The normalized spacial score (nSPS) is 32.6. The molecule has 0 aromatic rings. The van der Waals surface area contributed by atoms with Crippen LogP contribution in [0.3, 0.4) is 0 Å². The first kappa shape index (κ1) is 7.69. The van der Waals surface area contributed by atoms with E-state index in [1.807, 2.05) is 0 Å². The number of aliphatic hydroxyl groups excluding tert-OH is 1. The van der Waals surface area contributed by atoms with Gasteiger partial charge >= 0.3 is 0 Å². The molecule has 1 saturated heterocycles. The second-order valence-electron chi connectivity index (χ2n) is 2.90. The minimum atomic E-state index is -0.246. The second-order valence-corrected chi connectivity index (χ2v) is 2.90. The summed E-state index contributed by atoms with van der Waals surface area (Å²) in [6.45, 7) is 2.21. The fraction of sp³-hybridized carbons (Fsp3) is 0.857. The Kier molecular flexibility index (Phi) is 2.40. The van der Waals surface area contributed by atoms with Crippen LogP contribution in [0.5, 0.6) is 0 Å². The molecule has 0 saturated carbocycles. The lowest BCUT2D eigenvalue weighted by molar-refractivity contribution is -0.117. The molecule has 0 aromatic carbocycles. The first-order valence-corrected chi connectivity index (χ1v) is 3.59. The molecule has 0 aromatic heterocycles. The molecule has 0 radical (unpaired) electrons. The van der Waals surface area contributed by atoms with Crippen molar-refractivity contribution in [2.75, 3.05) is 6.54 Å². The van der Waals surface area contributed by atoms with E-state index in [-0.39, 0.29) is 17.9 Å². The first-order valence-electron chi connectivity index (χ1n) is 3.59. The van der Waals surface area contributed by atoms with Crippen molar-refractivity contribution in [3.05, 3.63) is 0 Å². The van der Waals surface area contributed by atoms with E-state index in [9.17, 15) is 4.79 Å². The Labute approximate surface area is 60.4 Å². The zero-order valence-corrected chi connectivity index (χ0v) is 6.13. The number of ketones is 1. The van der Waals surface area contributed by atoms with E-state index in [2.05, 4.69) is 5.32 Å². The number of β-amino-alcohol motifs (C(OH)–C–C–N with tert-alkyl or cyclic N) is 1. The lowest BCUT2D eigenvalue weighted by Gasteiger charge is -2.04. The van der Waals surface area contributed by atoms with Crippen molar-refractivity contribution in [3.63, 3.8) is 0 Å². The zero-order valence-electron chi connectivity index (χ0n) is 6.13. The van der Waals surface area contributed by atoms with E-state index in [1.54, 1.807) is 6.92 Å². The molecule has 0 spiro atoms. The summed E-state index contributed by atoms with van der Waals surface area (Å²) in [4.78, 5) is 10.6. The van der Waals surface area contributed by atoms with Gasteiger partial charge in [-0.25, -0.2) is 0 Å². The molecule has 10 heavy (non-hydrogen) atoms. The first-order chi connectivity index (χ1) is 4.68. The largest absolute Gasteiger partial charge is 0.392 e. The number of carbonyl (C=O) groups excluding carboxylic acids is 1. The van der Waals surface area contributed by atoms with Gasteiger partial charge in [0, 0.05) is 19.0 Å². The molecule has 1 rings (SSSR count). The number of carbonyl (C=O) groups is 1. The predicted octanol–water partition coefficient (Wildman–Crippen LogP) is -0.312. The van der Waals surface area contributed by atoms with Gasteiger partial charge in [0.15, 0.2) is 0 Å². The molecular formula is C7H13NO2. The lowest BCUT2D eigenvalue weighted by atomic mass is 10.1. The Hall–Kier alpha value is -0.410. The van der Waals surface area contributed by atoms with Crippen molar-refractivity contribution in [2.45, 2.75) is 31.9 Å². The SMILES string of the molecule is CC(=O)CC1CC(O)CN1. The number of Topliss-reactive ketones (excluding diaryl/α,β-unsaturated/α-hetero) is 1. The van der Waals surface area contributed by atoms with Gasteiger partial charge in [-0.1, -0.05) is 0 Å². The predicted molar refractivity (Wildman–Crippen MR) is 37.7 cm³/mol. The molecular weight excluding hydrogens is 130 g/mol. The van der Waals surface area contributed by atoms with Crippen LogP contribution in [-0.4, -0.2) is 29.6 Å². The van der Waals surface area contributed by atoms with E-state index >= 15 is 0 Å². The van der Waals surface area contributed by atoms with Crippen molar-refractivity contribution in [1.29, 1.82) is 0 Å². The average Bonchev–Trinajstić information content (AvgIpc) is 2.13. The summed E-state index contributed by atoms with van der Waals surface area (Å²) in [6, 6.07) is 0.215. The van der Waals surface area contributed by atoms with Crippen molar-refractivity contribution in [3.8, 4) is 0 Å². The molecule has 3 nitrogen and oxygen atoms in total. The fourth-order valence-electron chi connectivity index (χ4n) is 1.30. The summed E-state index contributed by atoms with van der Waals surface area (Å²) in [7, 11) is 0. The van der Waals surface area contributed by atoms with Crippen molar-refractivity contribution in [1.82, 2.24) is 5.32 Å². The molecule has 1 heterocycles. The van der Waals surface area contributed by atoms with Gasteiger partial charge in [-0.2, -0.15) is 0 Å². The topological polar surface area (TPSA) is 49.3 Å². The summed E-state index contributed by atoms with van der Waals surface area (Å²) in [6.07, 6.45) is 1.03. The summed E-state index contributed by atoms with van der Waals surface area (Å²) in [5, 5.41) is 12.1. The van der Waals surface area contributed by atoms with Crippen LogP contribution in [0.4, 0.5) is 0 Å². The maximum Gasteiger partial charge on any atom is 0.131 e. The van der Waals surface area contributed by atoms with Gasteiger partial charge in [-0.3, -0.25) is 4.79 Å². The minimum absolute atomic E-state index is 0.187. The van der Waals surface area contributed by atoms with Gasteiger partial charge in [0.1, 0.15) is 5.78 Å². The molecule has 1 aliphatic heterocycles. The monoisotopic (exact) mass is 143 g/mol. The molecule has 2 N–H and O–H groups in total. The third-order valence-electron chi connectivity index (χ3n) is 1.73. The van der Waals surface area contributed by atoms with Crippen LogP contribution in [0.2, 0.25) is 0 Å². The summed E-state index contributed by atoms with van der Waals surface area (Å²) >= 11 is 0. The van der Waals surface area contributed by atoms with Crippen LogP contribution in [-0.2, 0) is 4.79 Å². The summed E-state index contributed by atoms with van der Waals surface area (Å²) in [5.74, 6) is 0.187. The second kappa shape index (κ2) is 3.12. The minimum Gasteiger partial charge on any atom is -0.392 e. The molecule has 3 heteroatoms. The van der Waals surface area contributed by atoms with E-state index in [0.717, 1.165) is 6.42 Å². The summed E-state index contributed by atoms with van der Waals surface area (Å²) in [5.41, 5.74) is 0. The Morgan fingerprint density at radius 2 is 2.50 bits per heavy atom. The molecule has 1 fully saturated rings. The Morgan fingerprint density at radius 3 is 2.90 bits per heavy atom. The highest BCUT2D eigenvalue weighted by atomic mass is 16.3. The van der Waals surface area contributed by atoms with Gasteiger partial charge in [-0.05, 0) is 13.3 Å². The van der Waals surface area contributed by atoms with Crippen LogP contribution in [0.1, 0.15) is 19.8 Å². The van der Waals surface area contributed by atoms with E-state index in [0.29, 0.717) is 13.0 Å². The molecule has 2 unspecified atom stereocenters. The number of nitrogens with one attached hydrogen (secondary N) is 1. The van der Waals surface area contributed by atoms with E-state index < -0.39 is 0 Å². The Balaban J connectivity index is 2.24. The molecule has 0 amide bonds. The van der Waals surface area contributed by atoms with Gasteiger partial charge in [0.05, 0.1) is 6.10 Å². The maximum atomic E-state index is 10.6. The van der Waals surface area contributed by atoms with Crippen LogP contribution < -0.4 is 5.32 Å². The van der Waals surface area contributed by atoms with Gasteiger partial charge in [0.25, 0.3) is 0 Å². The van der Waals surface area contributed by atoms with Crippen LogP contribution in [0.15, 0.2) is 0 Å². The molecule has 0 aliphatic carbocycles. The van der Waals surface area contributed by atoms with Gasteiger partial charge in [0.2, 0.25) is 0 Å². The third-order valence-corrected chi connectivity index (χ3v) is 1.73. The molecule has 1 aliphatic rings. The summed E-state index contributed by atoms with van der Waals surface area (Å²) < 4.78 is 0. The van der Waals surface area contributed by atoms with E-state index in [4.69, 9.17) is 5.11 Å². The van der Waals surface area contributed by atoms with Crippen molar-refractivity contribution >= 4 is 5.78 Å². The smallest absolute Gasteiger partial charge is 0.131 e. The Morgan fingerprint density at radius 1 is 1.80 bits per heavy atom. The zero-order chi connectivity index (χ0) is 7.56. The van der Waals surface area contributed by atoms with Crippen LogP contribution in [0, 0.1) is 0 Å². The van der Waals surface area contributed by atoms with Gasteiger partial charge < -0.3 is 10.4 Å². The average molecular weight is 143 g/mol. The van der Waals surface area contributed by atoms with E-state index in [1.165, 1.54) is 0 Å². The Bertz CT molecular complexity index is 136.